The molecule has 2 aromatic heterocycles. The lowest BCUT2D eigenvalue weighted by Gasteiger charge is -2.53. The summed E-state index contributed by atoms with van der Waals surface area (Å²) in [4.78, 5) is 19.2. The molecule has 2 aromatic rings. The quantitative estimate of drug-likeness (QED) is 0.824. The van der Waals surface area contributed by atoms with Crippen LogP contribution in [0.5, 0.6) is 6.01 Å². The molecule has 1 unspecified atom stereocenters. The van der Waals surface area contributed by atoms with Gasteiger partial charge in [-0.05, 0) is 44.2 Å². The van der Waals surface area contributed by atoms with Gasteiger partial charge < -0.3 is 14.4 Å². The van der Waals surface area contributed by atoms with Gasteiger partial charge in [0.25, 0.3) is 0 Å². The SMILES string of the molecule is Cc1ccnc(OCCC2CCOC3(C2)CN(c2ncccn2)C3)n1. The highest BCUT2D eigenvalue weighted by Gasteiger charge is 2.48. The monoisotopic (exact) mass is 341 g/mol. The van der Waals surface area contributed by atoms with Gasteiger partial charge in [0.1, 0.15) is 5.60 Å². The molecule has 0 aromatic carbocycles. The summed E-state index contributed by atoms with van der Waals surface area (Å²) in [6.45, 7) is 5.14. The molecule has 132 valence electrons. The summed E-state index contributed by atoms with van der Waals surface area (Å²) in [5.74, 6) is 1.40. The van der Waals surface area contributed by atoms with Gasteiger partial charge in [0, 0.05) is 30.9 Å². The van der Waals surface area contributed by atoms with E-state index >= 15 is 0 Å². The Hall–Kier alpha value is -2.28. The van der Waals surface area contributed by atoms with E-state index in [-0.39, 0.29) is 5.60 Å². The molecule has 2 fully saturated rings. The third-order valence-electron chi connectivity index (χ3n) is 4.92. The van der Waals surface area contributed by atoms with Crippen molar-refractivity contribution in [2.45, 2.75) is 31.8 Å². The molecule has 1 atom stereocenters. The lowest BCUT2D eigenvalue weighted by molar-refractivity contribution is -0.115. The van der Waals surface area contributed by atoms with Crippen LogP contribution in [0.25, 0.3) is 0 Å². The van der Waals surface area contributed by atoms with Crippen LogP contribution in [0.2, 0.25) is 0 Å². The summed E-state index contributed by atoms with van der Waals surface area (Å²) in [6, 6.07) is 4.18. The molecule has 7 heteroatoms. The van der Waals surface area contributed by atoms with Crippen LogP contribution in [0, 0.1) is 12.8 Å². The van der Waals surface area contributed by atoms with Crippen LogP contribution in [0.1, 0.15) is 25.0 Å². The van der Waals surface area contributed by atoms with Gasteiger partial charge in [-0.2, -0.15) is 0 Å². The molecule has 0 radical (unpaired) electrons. The highest BCUT2D eigenvalue weighted by molar-refractivity contribution is 5.37. The van der Waals surface area contributed by atoms with Crippen LogP contribution in [0.3, 0.4) is 0 Å². The Morgan fingerprint density at radius 2 is 2.08 bits per heavy atom. The number of aromatic nitrogens is 4. The summed E-state index contributed by atoms with van der Waals surface area (Å²) in [7, 11) is 0. The second-order valence-electron chi connectivity index (χ2n) is 6.91. The highest BCUT2D eigenvalue weighted by atomic mass is 16.5. The summed E-state index contributed by atoms with van der Waals surface area (Å²) in [5.41, 5.74) is 0.884. The van der Waals surface area contributed by atoms with Crippen LogP contribution in [0.4, 0.5) is 5.95 Å². The second kappa shape index (κ2) is 6.92. The molecule has 0 aliphatic carbocycles. The van der Waals surface area contributed by atoms with Gasteiger partial charge in [-0.1, -0.05) is 0 Å². The normalized spacial score (nSPS) is 21.8. The summed E-state index contributed by atoms with van der Waals surface area (Å²) in [6.07, 6.45) is 8.45. The summed E-state index contributed by atoms with van der Waals surface area (Å²) >= 11 is 0. The molecule has 0 bridgehead atoms. The van der Waals surface area contributed by atoms with E-state index in [2.05, 4.69) is 24.8 Å². The van der Waals surface area contributed by atoms with Crippen LogP contribution in [0.15, 0.2) is 30.7 Å². The first kappa shape index (κ1) is 16.2. The van der Waals surface area contributed by atoms with Crippen LogP contribution >= 0.6 is 0 Å². The Kier molecular flexibility index (Phi) is 4.48. The minimum atomic E-state index is -0.0397. The third kappa shape index (κ3) is 3.71. The van der Waals surface area contributed by atoms with E-state index in [1.54, 1.807) is 18.6 Å². The van der Waals surface area contributed by atoms with Gasteiger partial charge in [-0.3, -0.25) is 0 Å². The van der Waals surface area contributed by atoms with Gasteiger partial charge in [0.2, 0.25) is 5.95 Å². The molecule has 4 heterocycles. The Morgan fingerprint density at radius 1 is 1.24 bits per heavy atom. The molecule has 0 N–H and O–H groups in total. The maximum Gasteiger partial charge on any atom is 0.316 e. The number of hydrogen-bond donors (Lipinski definition) is 0. The third-order valence-corrected chi connectivity index (χ3v) is 4.92. The van der Waals surface area contributed by atoms with E-state index in [0.717, 1.165) is 50.6 Å². The van der Waals surface area contributed by atoms with E-state index in [1.807, 2.05) is 19.1 Å². The number of rotatable bonds is 5. The number of ether oxygens (including phenoxy) is 2. The molecular formula is C18H23N5O2. The van der Waals surface area contributed by atoms with Crippen molar-refractivity contribution >= 4 is 5.95 Å². The number of anilines is 1. The fourth-order valence-electron chi connectivity index (χ4n) is 3.65. The van der Waals surface area contributed by atoms with E-state index in [9.17, 15) is 0 Å². The molecular weight excluding hydrogens is 318 g/mol. The smallest absolute Gasteiger partial charge is 0.316 e. The Bertz CT molecular complexity index is 706. The summed E-state index contributed by atoms with van der Waals surface area (Å²) < 4.78 is 11.8. The van der Waals surface area contributed by atoms with Gasteiger partial charge in [-0.25, -0.2) is 19.9 Å². The molecule has 25 heavy (non-hydrogen) atoms. The van der Waals surface area contributed by atoms with E-state index in [4.69, 9.17) is 9.47 Å². The fourth-order valence-corrected chi connectivity index (χ4v) is 3.65. The maximum absolute atomic E-state index is 6.10. The van der Waals surface area contributed by atoms with Crippen LogP contribution < -0.4 is 9.64 Å². The van der Waals surface area contributed by atoms with Crippen molar-refractivity contribution < 1.29 is 9.47 Å². The predicted octanol–water partition coefficient (Wildman–Crippen LogP) is 2.03. The minimum absolute atomic E-state index is 0.0397. The topological polar surface area (TPSA) is 73.3 Å². The fraction of sp³-hybridized carbons (Fsp3) is 0.556. The zero-order valence-corrected chi connectivity index (χ0v) is 14.5. The van der Waals surface area contributed by atoms with E-state index in [0.29, 0.717) is 18.5 Å². The average Bonchev–Trinajstić information content (AvgIpc) is 2.61. The van der Waals surface area contributed by atoms with Crippen LogP contribution in [-0.2, 0) is 4.74 Å². The van der Waals surface area contributed by atoms with Gasteiger partial charge in [-0.15, -0.1) is 0 Å². The number of aryl methyl sites for hydroxylation is 1. The lowest BCUT2D eigenvalue weighted by Crippen LogP contribution is -2.66. The molecule has 2 aliphatic heterocycles. The average molecular weight is 341 g/mol. The van der Waals surface area contributed by atoms with Gasteiger partial charge >= 0.3 is 6.01 Å². The molecule has 7 nitrogen and oxygen atoms in total. The largest absolute Gasteiger partial charge is 0.463 e. The lowest BCUT2D eigenvalue weighted by atomic mass is 9.79. The number of hydrogen-bond acceptors (Lipinski definition) is 7. The minimum Gasteiger partial charge on any atom is -0.463 e. The predicted molar refractivity (Wildman–Crippen MR) is 92.5 cm³/mol. The molecule has 2 aliphatic rings. The zero-order chi connectivity index (χ0) is 17.1. The van der Waals surface area contributed by atoms with Crippen molar-refractivity contribution in [2.24, 2.45) is 5.92 Å². The standard InChI is InChI=1S/C18H23N5O2/c1-14-3-8-21-17(22-14)24-9-4-15-5-10-25-18(11-15)12-23(13-18)16-19-6-2-7-20-16/h2-3,6-8,15H,4-5,9-13H2,1H3. The Balaban J connectivity index is 1.26. The van der Waals surface area contributed by atoms with Crippen LogP contribution in [-0.4, -0.2) is 51.8 Å². The van der Waals surface area contributed by atoms with E-state index in [1.165, 1.54) is 0 Å². The number of nitrogens with zero attached hydrogens (tertiary/aromatic N) is 5. The van der Waals surface area contributed by atoms with Crippen molar-refractivity contribution in [1.82, 2.24) is 19.9 Å². The highest BCUT2D eigenvalue weighted by Crippen LogP contribution is 2.39. The maximum atomic E-state index is 6.10. The van der Waals surface area contributed by atoms with Crippen molar-refractivity contribution in [3.05, 3.63) is 36.4 Å². The van der Waals surface area contributed by atoms with Crippen molar-refractivity contribution in [3.63, 3.8) is 0 Å². The van der Waals surface area contributed by atoms with Gasteiger partial charge in [0.05, 0.1) is 19.7 Å². The van der Waals surface area contributed by atoms with Crippen molar-refractivity contribution in [2.75, 3.05) is 31.2 Å². The molecule has 1 spiro atoms. The second-order valence-corrected chi connectivity index (χ2v) is 6.91. The summed E-state index contributed by atoms with van der Waals surface area (Å²) in [5, 5.41) is 0. The molecule has 4 rings (SSSR count). The molecule has 2 saturated heterocycles. The molecule has 0 amide bonds. The Morgan fingerprint density at radius 3 is 2.88 bits per heavy atom. The van der Waals surface area contributed by atoms with Crippen molar-refractivity contribution in [3.8, 4) is 6.01 Å². The first-order chi connectivity index (χ1) is 12.2. The Labute approximate surface area is 147 Å². The van der Waals surface area contributed by atoms with Crippen molar-refractivity contribution in [1.29, 1.82) is 0 Å². The van der Waals surface area contributed by atoms with Gasteiger partial charge in [0.15, 0.2) is 0 Å². The first-order valence-corrected chi connectivity index (χ1v) is 8.81. The molecule has 0 saturated carbocycles. The van der Waals surface area contributed by atoms with E-state index < -0.39 is 0 Å². The zero-order valence-electron chi connectivity index (χ0n) is 14.5. The first-order valence-electron chi connectivity index (χ1n) is 8.81.